The fourth-order valence-corrected chi connectivity index (χ4v) is 4.39. The summed E-state index contributed by atoms with van der Waals surface area (Å²) in [5, 5.41) is 2.74. The number of amides is 1. The number of rotatable bonds is 4. The van der Waals surface area contributed by atoms with E-state index in [9.17, 15) is 9.59 Å². The molecule has 0 spiro atoms. The highest BCUT2D eigenvalue weighted by molar-refractivity contribution is 7.14. The van der Waals surface area contributed by atoms with Crippen LogP contribution in [0, 0.1) is 0 Å². The van der Waals surface area contributed by atoms with Gasteiger partial charge < -0.3 is 19.5 Å². The molecule has 6 nitrogen and oxygen atoms in total. The van der Waals surface area contributed by atoms with Crippen molar-refractivity contribution in [2.45, 2.75) is 45.1 Å². The quantitative estimate of drug-likeness (QED) is 0.636. The van der Waals surface area contributed by atoms with Crippen molar-refractivity contribution in [3.63, 3.8) is 0 Å². The van der Waals surface area contributed by atoms with E-state index in [-0.39, 0.29) is 12.7 Å². The molecule has 0 saturated carbocycles. The summed E-state index contributed by atoms with van der Waals surface area (Å²) in [5.74, 6) is 0.393. The van der Waals surface area contributed by atoms with E-state index in [0.29, 0.717) is 22.1 Å². The van der Waals surface area contributed by atoms with E-state index < -0.39 is 12.1 Å². The lowest BCUT2D eigenvalue weighted by molar-refractivity contribution is -0.123. The number of carbonyl (C=O) groups is 2. The normalized spacial score (nSPS) is 16.2. The molecule has 2 aromatic rings. The smallest absolute Gasteiger partial charge is 0.349 e. The summed E-state index contributed by atoms with van der Waals surface area (Å²) in [6.45, 7) is 1.74. The van der Waals surface area contributed by atoms with Gasteiger partial charge in [-0.3, -0.25) is 4.79 Å². The van der Waals surface area contributed by atoms with Crippen LogP contribution >= 0.6 is 11.3 Å². The molecule has 1 aromatic heterocycles. The monoisotopic (exact) mass is 387 g/mol. The third kappa shape index (κ3) is 3.93. The largest absolute Gasteiger partial charge is 0.454 e. The molecule has 1 amide bonds. The Morgan fingerprint density at radius 2 is 1.93 bits per heavy atom. The zero-order valence-corrected chi connectivity index (χ0v) is 15.9. The minimum atomic E-state index is -0.898. The maximum atomic E-state index is 12.4. The van der Waals surface area contributed by atoms with Gasteiger partial charge in [0.25, 0.3) is 5.91 Å². The molecular weight excluding hydrogens is 366 g/mol. The molecule has 0 radical (unpaired) electrons. The Kier molecular flexibility index (Phi) is 5.03. The molecule has 0 fully saturated rings. The Morgan fingerprint density at radius 1 is 1.11 bits per heavy atom. The van der Waals surface area contributed by atoms with E-state index in [1.807, 2.05) is 6.07 Å². The number of hydrogen-bond donors (Lipinski definition) is 1. The van der Waals surface area contributed by atoms with E-state index in [0.717, 1.165) is 25.7 Å². The SMILES string of the molecule is CC(OC(=O)c1cc2c(s1)CCCCC2)C(=O)Nc1ccc2c(c1)OCO2. The molecule has 7 heteroatoms. The molecule has 2 aliphatic rings. The molecule has 2 heterocycles. The summed E-state index contributed by atoms with van der Waals surface area (Å²) in [4.78, 5) is 26.7. The first kappa shape index (κ1) is 17.9. The lowest BCUT2D eigenvalue weighted by Gasteiger charge is -2.13. The van der Waals surface area contributed by atoms with Gasteiger partial charge in [-0.2, -0.15) is 0 Å². The van der Waals surface area contributed by atoms with Gasteiger partial charge >= 0.3 is 5.97 Å². The first-order valence-corrected chi connectivity index (χ1v) is 9.95. The second kappa shape index (κ2) is 7.60. The van der Waals surface area contributed by atoms with Gasteiger partial charge in [0.1, 0.15) is 4.88 Å². The number of thiophene rings is 1. The number of nitrogens with one attached hydrogen (secondary N) is 1. The maximum absolute atomic E-state index is 12.4. The second-order valence-electron chi connectivity index (χ2n) is 6.72. The number of hydrogen-bond acceptors (Lipinski definition) is 6. The number of fused-ring (bicyclic) bond motifs is 2. The average Bonchev–Trinajstić information content (AvgIpc) is 3.23. The molecule has 1 atom stereocenters. The van der Waals surface area contributed by atoms with Crippen molar-refractivity contribution in [3.8, 4) is 11.5 Å². The third-order valence-corrected chi connectivity index (χ3v) is 5.96. The summed E-state index contributed by atoms with van der Waals surface area (Å²) >= 11 is 1.49. The first-order valence-electron chi connectivity index (χ1n) is 9.13. The molecule has 1 aromatic carbocycles. The van der Waals surface area contributed by atoms with Crippen LogP contribution in [0.5, 0.6) is 11.5 Å². The van der Waals surface area contributed by atoms with Gasteiger partial charge in [-0.25, -0.2) is 4.79 Å². The van der Waals surface area contributed by atoms with Gasteiger partial charge in [-0.15, -0.1) is 11.3 Å². The summed E-state index contributed by atoms with van der Waals surface area (Å²) in [6, 6.07) is 7.06. The zero-order valence-electron chi connectivity index (χ0n) is 15.1. The molecule has 0 bridgehead atoms. The van der Waals surface area contributed by atoms with Crippen LogP contribution < -0.4 is 14.8 Å². The summed E-state index contributed by atoms with van der Waals surface area (Å²) < 4.78 is 15.9. The van der Waals surface area contributed by atoms with Gasteiger partial charge in [-0.1, -0.05) is 6.42 Å². The Balaban J connectivity index is 1.37. The van der Waals surface area contributed by atoms with E-state index in [1.165, 1.54) is 28.2 Å². The number of carbonyl (C=O) groups excluding carboxylic acids is 2. The molecule has 142 valence electrons. The van der Waals surface area contributed by atoms with Crippen LogP contribution in [0.2, 0.25) is 0 Å². The van der Waals surface area contributed by atoms with Crippen LogP contribution in [0.3, 0.4) is 0 Å². The fraction of sp³-hybridized carbons (Fsp3) is 0.400. The van der Waals surface area contributed by atoms with Crippen LogP contribution in [-0.4, -0.2) is 24.8 Å². The van der Waals surface area contributed by atoms with Crippen LogP contribution in [0.15, 0.2) is 24.3 Å². The van der Waals surface area contributed by atoms with E-state index in [1.54, 1.807) is 25.1 Å². The number of aryl methyl sites for hydroxylation is 2. The lowest BCUT2D eigenvalue weighted by Crippen LogP contribution is -2.29. The molecule has 27 heavy (non-hydrogen) atoms. The summed E-state index contributed by atoms with van der Waals surface area (Å²) in [5.41, 5.74) is 1.82. The van der Waals surface area contributed by atoms with Crippen molar-refractivity contribution in [1.82, 2.24) is 0 Å². The molecular formula is C20H21NO5S. The van der Waals surface area contributed by atoms with Gasteiger partial charge in [0, 0.05) is 16.6 Å². The Labute approximate surface area is 161 Å². The Morgan fingerprint density at radius 3 is 2.81 bits per heavy atom. The predicted octanol–water partition coefficient (Wildman–Crippen LogP) is 3.93. The fourth-order valence-electron chi connectivity index (χ4n) is 3.26. The minimum absolute atomic E-state index is 0.172. The van der Waals surface area contributed by atoms with E-state index in [2.05, 4.69) is 5.32 Å². The van der Waals surface area contributed by atoms with Crippen molar-refractivity contribution in [1.29, 1.82) is 0 Å². The van der Waals surface area contributed by atoms with Crippen molar-refractivity contribution < 1.29 is 23.8 Å². The third-order valence-electron chi connectivity index (χ3n) is 4.74. The summed E-state index contributed by atoms with van der Waals surface area (Å²) in [6.07, 6.45) is 4.69. The van der Waals surface area contributed by atoms with Crippen LogP contribution in [0.1, 0.15) is 46.3 Å². The van der Waals surface area contributed by atoms with Crippen molar-refractivity contribution >= 4 is 28.9 Å². The molecule has 1 unspecified atom stereocenters. The van der Waals surface area contributed by atoms with Crippen molar-refractivity contribution in [2.75, 3.05) is 12.1 Å². The number of benzene rings is 1. The maximum Gasteiger partial charge on any atom is 0.349 e. The Bertz CT molecular complexity index is 852. The molecule has 0 saturated heterocycles. The van der Waals surface area contributed by atoms with Gasteiger partial charge in [-0.05, 0) is 56.4 Å². The predicted molar refractivity (Wildman–Crippen MR) is 102 cm³/mol. The standard InChI is InChI=1S/C20H21NO5S/c1-12(19(22)21-14-7-8-15-16(10-14)25-11-24-15)26-20(23)18-9-13-5-3-2-4-6-17(13)27-18/h7-10,12H,2-6,11H2,1H3,(H,21,22). The van der Waals surface area contributed by atoms with Crippen LogP contribution in [-0.2, 0) is 22.4 Å². The topological polar surface area (TPSA) is 73.9 Å². The molecule has 1 N–H and O–H groups in total. The van der Waals surface area contributed by atoms with Gasteiger partial charge in [0.05, 0.1) is 0 Å². The van der Waals surface area contributed by atoms with E-state index in [4.69, 9.17) is 14.2 Å². The second-order valence-corrected chi connectivity index (χ2v) is 7.86. The highest BCUT2D eigenvalue weighted by Crippen LogP contribution is 2.34. The average molecular weight is 387 g/mol. The lowest BCUT2D eigenvalue weighted by atomic mass is 10.1. The van der Waals surface area contributed by atoms with Gasteiger partial charge in [0.2, 0.25) is 6.79 Å². The van der Waals surface area contributed by atoms with E-state index >= 15 is 0 Å². The summed E-state index contributed by atoms with van der Waals surface area (Å²) in [7, 11) is 0. The van der Waals surface area contributed by atoms with Crippen LogP contribution in [0.25, 0.3) is 0 Å². The first-order chi connectivity index (χ1) is 13.1. The Hall–Kier alpha value is -2.54. The molecule has 1 aliphatic carbocycles. The van der Waals surface area contributed by atoms with Gasteiger partial charge in [0.15, 0.2) is 17.6 Å². The highest BCUT2D eigenvalue weighted by Gasteiger charge is 2.23. The molecule has 1 aliphatic heterocycles. The minimum Gasteiger partial charge on any atom is -0.454 e. The van der Waals surface area contributed by atoms with Crippen molar-refractivity contribution in [3.05, 3.63) is 39.6 Å². The molecule has 4 rings (SSSR count). The number of esters is 1. The van der Waals surface area contributed by atoms with Crippen LogP contribution in [0.4, 0.5) is 5.69 Å². The number of anilines is 1. The van der Waals surface area contributed by atoms with Crippen molar-refractivity contribution in [2.24, 2.45) is 0 Å². The highest BCUT2D eigenvalue weighted by atomic mass is 32.1. The number of ether oxygens (including phenoxy) is 3. The zero-order chi connectivity index (χ0) is 18.8.